The molecule has 0 atom stereocenters. The minimum Gasteiger partial charge on any atom is -0.317 e. The van der Waals surface area contributed by atoms with E-state index in [4.69, 9.17) is 0 Å². The van der Waals surface area contributed by atoms with Crippen molar-refractivity contribution in [2.75, 3.05) is 19.6 Å². The van der Waals surface area contributed by atoms with Crippen LogP contribution >= 0.6 is 27.3 Å². The number of nitrogens with one attached hydrogen (secondary N) is 2. The summed E-state index contributed by atoms with van der Waals surface area (Å²) in [6, 6.07) is 15.3. The molecule has 0 aliphatic carbocycles. The van der Waals surface area contributed by atoms with Crippen molar-refractivity contribution < 1.29 is 0 Å². The number of halogens is 1. The zero-order valence-corrected chi connectivity index (χ0v) is 14.5. The van der Waals surface area contributed by atoms with E-state index in [1.165, 1.54) is 27.1 Å². The lowest BCUT2D eigenvalue weighted by molar-refractivity contribution is 0.293. The number of benzene rings is 1. The van der Waals surface area contributed by atoms with Crippen LogP contribution in [0.15, 0.2) is 46.3 Å². The molecule has 3 rings (SSSR count). The van der Waals surface area contributed by atoms with Crippen molar-refractivity contribution in [3.63, 3.8) is 0 Å². The van der Waals surface area contributed by atoms with E-state index in [1.807, 2.05) is 11.3 Å². The van der Waals surface area contributed by atoms with E-state index in [9.17, 15) is 0 Å². The lowest BCUT2D eigenvalue weighted by Crippen LogP contribution is -2.46. The van der Waals surface area contributed by atoms with Gasteiger partial charge in [0.15, 0.2) is 0 Å². The third-order valence-electron chi connectivity index (χ3n) is 4.34. The van der Waals surface area contributed by atoms with E-state index in [-0.39, 0.29) is 5.41 Å². The molecule has 2 heterocycles. The normalized spacial score (nSPS) is 17.8. The van der Waals surface area contributed by atoms with Crippen LogP contribution in [0.25, 0.3) is 0 Å². The maximum atomic E-state index is 3.69. The molecule has 112 valence electrons. The average Bonchev–Trinajstić information content (AvgIpc) is 2.95. The van der Waals surface area contributed by atoms with Gasteiger partial charge in [0, 0.05) is 23.4 Å². The third kappa shape index (κ3) is 3.75. The number of hydrogen-bond donors (Lipinski definition) is 2. The van der Waals surface area contributed by atoms with Gasteiger partial charge in [0.05, 0.1) is 3.79 Å². The SMILES string of the molecule is Brc1ccc(CNCC2(c3ccccc3)CCNCC2)s1. The lowest BCUT2D eigenvalue weighted by Gasteiger charge is -2.38. The van der Waals surface area contributed by atoms with Crippen LogP contribution in [0.3, 0.4) is 0 Å². The summed E-state index contributed by atoms with van der Waals surface area (Å²) in [5, 5.41) is 7.17. The summed E-state index contributed by atoms with van der Waals surface area (Å²) in [6.45, 7) is 4.23. The second kappa shape index (κ2) is 7.05. The van der Waals surface area contributed by atoms with Crippen LogP contribution in [-0.2, 0) is 12.0 Å². The Morgan fingerprint density at radius 1 is 1.10 bits per heavy atom. The molecular weight excluding hydrogens is 344 g/mol. The first-order valence-electron chi connectivity index (χ1n) is 7.50. The summed E-state index contributed by atoms with van der Waals surface area (Å²) < 4.78 is 1.21. The molecule has 1 aromatic carbocycles. The molecule has 1 aliphatic heterocycles. The summed E-state index contributed by atoms with van der Waals surface area (Å²) in [4.78, 5) is 1.39. The molecule has 2 N–H and O–H groups in total. The summed E-state index contributed by atoms with van der Waals surface area (Å²) >= 11 is 5.34. The van der Waals surface area contributed by atoms with Crippen LogP contribution in [-0.4, -0.2) is 19.6 Å². The molecule has 0 saturated carbocycles. The Morgan fingerprint density at radius 3 is 2.52 bits per heavy atom. The Morgan fingerprint density at radius 2 is 1.86 bits per heavy atom. The van der Waals surface area contributed by atoms with Gasteiger partial charge in [-0.2, -0.15) is 0 Å². The van der Waals surface area contributed by atoms with Crippen molar-refractivity contribution in [2.45, 2.75) is 24.8 Å². The molecule has 4 heteroatoms. The molecule has 0 amide bonds. The van der Waals surface area contributed by atoms with Gasteiger partial charge in [0.2, 0.25) is 0 Å². The number of thiophene rings is 1. The summed E-state index contributed by atoms with van der Waals surface area (Å²) in [6.07, 6.45) is 2.41. The van der Waals surface area contributed by atoms with E-state index < -0.39 is 0 Å². The highest BCUT2D eigenvalue weighted by Gasteiger charge is 2.33. The van der Waals surface area contributed by atoms with Crippen LogP contribution in [0.5, 0.6) is 0 Å². The maximum Gasteiger partial charge on any atom is 0.0701 e. The summed E-state index contributed by atoms with van der Waals surface area (Å²) in [7, 11) is 0. The van der Waals surface area contributed by atoms with Crippen LogP contribution < -0.4 is 10.6 Å². The minimum absolute atomic E-state index is 0.279. The average molecular weight is 365 g/mol. The largest absolute Gasteiger partial charge is 0.317 e. The third-order valence-corrected chi connectivity index (χ3v) is 5.96. The Bertz CT molecular complexity index is 561. The quantitative estimate of drug-likeness (QED) is 0.839. The highest BCUT2D eigenvalue weighted by molar-refractivity contribution is 9.11. The first-order chi connectivity index (χ1) is 10.3. The van der Waals surface area contributed by atoms with Crippen molar-refractivity contribution >= 4 is 27.3 Å². The molecule has 21 heavy (non-hydrogen) atoms. The van der Waals surface area contributed by atoms with Crippen LogP contribution in [0.4, 0.5) is 0 Å². The Balaban J connectivity index is 1.68. The molecule has 2 nitrogen and oxygen atoms in total. The fourth-order valence-electron chi connectivity index (χ4n) is 3.14. The Hall–Kier alpha value is -0.680. The van der Waals surface area contributed by atoms with E-state index in [1.54, 1.807) is 0 Å². The van der Waals surface area contributed by atoms with Crippen LogP contribution in [0, 0.1) is 0 Å². The molecule has 0 radical (unpaired) electrons. The predicted octanol–water partition coefficient (Wildman–Crippen LogP) is 3.92. The van der Waals surface area contributed by atoms with Crippen molar-refractivity contribution in [3.05, 3.63) is 56.7 Å². The second-order valence-corrected chi connectivity index (χ2v) is 8.25. The number of rotatable bonds is 5. The molecular formula is C17H21BrN2S. The fraction of sp³-hybridized carbons (Fsp3) is 0.412. The van der Waals surface area contributed by atoms with Gasteiger partial charge < -0.3 is 10.6 Å². The molecule has 0 spiro atoms. The van der Waals surface area contributed by atoms with E-state index in [0.29, 0.717) is 0 Å². The summed E-state index contributed by atoms with van der Waals surface area (Å²) in [5.41, 5.74) is 1.76. The fourth-order valence-corrected chi connectivity index (χ4v) is 4.59. The monoisotopic (exact) mass is 364 g/mol. The smallest absolute Gasteiger partial charge is 0.0701 e. The minimum atomic E-state index is 0.279. The first-order valence-corrected chi connectivity index (χ1v) is 9.11. The van der Waals surface area contributed by atoms with Gasteiger partial charge in [-0.05, 0) is 59.6 Å². The van der Waals surface area contributed by atoms with Crippen LogP contribution in [0.2, 0.25) is 0 Å². The highest BCUT2D eigenvalue weighted by Crippen LogP contribution is 2.33. The van der Waals surface area contributed by atoms with E-state index >= 15 is 0 Å². The standard InChI is InChI=1S/C17H21BrN2S/c18-16-7-6-15(21-16)12-20-13-17(8-10-19-11-9-17)14-4-2-1-3-5-14/h1-7,19-20H,8-13H2. The van der Waals surface area contributed by atoms with Crippen molar-refractivity contribution in [3.8, 4) is 0 Å². The Kier molecular flexibility index (Phi) is 5.11. The molecule has 1 aliphatic rings. The van der Waals surface area contributed by atoms with Gasteiger partial charge in [0.1, 0.15) is 0 Å². The van der Waals surface area contributed by atoms with Gasteiger partial charge in [-0.3, -0.25) is 0 Å². The molecule has 0 unspecified atom stereocenters. The molecule has 0 bridgehead atoms. The van der Waals surface area contributed by atoms with Crippen molar-refractivity contribution in [1.29, 1.82) is 0 Å². The number of piperidine rings is 1. The molecule has 2 aromatic rings. The predicted molar refractivity (Wildman–Crippen MR) is 93.9 cm³/mol. The van der Waals surface area contributed by atoms with E-state index in [0.717, 1.165) is 26.2 Å². The maximum absolute atomic E-state index is 3.69. The number of hydrogen-bond acceptors (Lipinski definition) is 3. The zero-order chi connectivity index (χ0) is 14.5. The van der Waals surface area contributed by atoms with Gasteiger partial charge >= 0.3 is 0 Å². The Labute approximate surface area is 139 Å². The van der Waals surface area contributed by atoms with Gasteiger partial charge in [-0.15, -0.1) is 11.3 Å². The van der Waals surface area contributed by atoms with Gasteiger partial charge in [0.25, 0.3) is 0 Å². The van der Waals surface area contributed by atoms with Crippen molar-refractivity contribution in [1.82, 2.24) is 10.6 Å². The topological polar surface area (TPSA) is 24.1 Å². The first kappa shape index (κ1) is 15.2. The molecule has 1 aromatic heterocycles. The van der Waals surface area contributed by atoms with E-state index in [2.05, 4.69) is 69.0 Å². The van der Waals surface area contributed by atoms with Gasteiger partial charge in [-0.1, -0.05) is 30.3 Å². The molecule has 1 fully saturated rings. The molecule has 1 saturated heterocycles. The van der Waals surface area contributed by atoms with Crippen LogP contribution in [0.1, 0.15) is 23.3 Å². The second-order valence-electron chi connectivity index (χ2n) is 5.71. The highest BCUT2D eigenvalue weighted by atomic mass is 79.9. The summed E-state index contributed by atoms with van der Waals surface area (Å²) in [5.74, 6) is 0. The van der Waals surface area contributed by atoms with Gasteiger partial charge in [-0.25, -0.2) is 0 Å². The van der Waals surface area contributed by atoms with Crippen molar-refractivity contribution in [2.24, 2.45) is 0 Å². The zero-order valence-electron chi connectivity index (χ0n) is 12.1. The lowest BCUT2D eigenvalue weighted by atomic mass is 9.73.